The van der Waals surface area contributed by atoms with E-state index < -0.39 is 18.0 Å². The predicted octanol–water partition coefficient (Wildman–Crippen LogP) is 4.41. The highest BCUT2D eigenvalue weighted by molar-refractivity contribution is 5.56. The molecule has 1 unspecified atom stereocenters. The normalized spacial score (nSPS) is 18.2. The predicted molar refractivity (Wildman–Crippen MR) is 76.9 cm³/mol. The Bertz CT molecular complexity index is 652. The summed E-state index contributed by atoms with van der Waals surface area (Å²) in [5, 5.41) is 12.2. The van der Waals surface area contributed by atoms with Gasteiger partial charge in [-0.25, -0.2) is 5.11 Å². The molecule has 2 aromatic carbocycles. The minimum atomic E-state index is -4.34. The van der Waals surface area contributed by atoms with Crippen molar-refractivity contribution >= 4 is 5.69 Å². The maximum Gasteiger partial charge on any atom is 0.416 e. The number of para-hydroxylation sites is 1. The third kappa shape index (κ3) is 2.95. The minimum absolute atomic E-state index is 0.323. The summed E-state index contributed by atoms with van der Waals surface area (Å²) in [7, 11) is 0. The first-order chi connectivity index (χ1) is 10.4. The number of halogens is 3. The zero-order valence-electron chi connectivity index (χ0n) is 11.8. The molecule has 0 aromatic heterocycles. The van der Waals surface area contributed by atoms with Gasteiger partial charge in [-0.05, 0) is 42.2 Å². The molecular weight excluding hydrogens is 291 g/mol. The van der Waals surface area contributed by atoms with E-state index in [0.717, 1.165) is 29.8 Å². The highest BCUT2D eigenvalue weighted by Gasteiger charge is 2.30. The number of aryl methyl sites for hydroxylation is 1. The molecule has 0 fully saturated rings. The van der Waals surface area contributed by atoms with Gasteiger partial charge < -0.3 is 4.90 Å². The Kier molecular flexibility index (Phi) is 3.83. The summed E-state index contributed by atoms with van der Waals surface area (Å²) in [5.74, 6) is 0. The Morgan fingerprint density at radius 2 is 1.73 bits per heavy atom. The van der Waals surface area contributed by atoms with Gasteiger partial charge in [0, 0.05) is 12.2 Å². The Labute approximate surface area is 126 Å². The van der Waals surface area contributed by atoms with E-state index in [0.29, 0.717) is 18.5 Å². The van der Waals surface area contributed by atoms with Crippen molar-refractivity contribution in [1.82, 2.24) is 0 Å². The first kappa shape index (κ1) is 14.9. The minimum Gasteiger partial charge on any atom is -0.339 e. The molecule has 0 amide bonds. The fourth-order valence-electron chi connectivity index (χ4n) is 2.78. The van der Waals surface area contributed by atoms with Crippen molar-refractivity contribution in [1.29, 1.82) is 0 Å². The molecule has 5 heteroatoms. The summed E-state index contributed by atoms with van der Waals surface area (Å²) in [4.78, 5) is 1.72. The Hall–Kier alpha value is -2.01. The number of hydrogen-bond acceptors (Lipinski definition) is 1. The van der Waals surface area contributed by atoms with E-state index in [9.17, 15) is 18.3 Å². The molecule has 2 nitrogen and oxygen atoms in total. The molecule has 0 bridgehead atoms. The topological polar surface area (TPSA) is 23.1 Å². The third-order valence-electron chi connectivity index (χ3n) is 3.94. The van der Waals surface area contributed by atoms with Gasteiger partial charge in [-0.3, -0.25) is 0 Å². The van der Waals surface area contributed by atoms with Crippen molar-refractivity contribution in [2.24, 2.45) is 0 Å². The second kappa shape index (κ2) is 5.65. The third-order valence-corrected chi connectivity index (χ3v) is 3.94. The molecule has 1 aliphatic rings. The summed E-state index contributed by atoms with van der Waals surface area (Å²) in [5.41, 5.74) is 2.02. The number of hydrogen-bond donors (Lipinski definition) is 0. The zero-order valence-corrected chi connectivity index (χ0v) is 11.8. The van der Waals surface area contributed by atoms with Crippen LogP contribution in [-0.2, 0) is 24.2 Å². The lowest BCUT2D eigenvalue weighted by Gasteiger charge is -2.34. The van der Waals surface area contributed by atoms with Crippen LogP contribution in [-0.4, -0.2) is 6.23 Å². The Balaban J connectivity index is 1.84. The van der Waals surface area contributed by atoms with Crippen LogP contribution in [0.2, 0.25) is 0 Å². The maximum atomic E-state index is 12.6. The second-order valence-corrected chi connectivity index (χ2v) is 5.44. The number of rotatable bonds is 2. The van der Waals surface area contributed by atoms with Gasteiger partial charge in [-0.15, -0.1) is 0 Å². The summed E-state index contributed by atoms with van der Waals surface area (Å²) >= 11 is 0. The fourth-order valence-corrected chi connectivity index (χ4v) is 2.78. The molecule has 0 saturated heterocycles. The SMILES string of the molecule is [O]C1CCc2ccccc2N1Cc1ccc(C(F)(F)F)cc1. The maximum absolute atomic E-state index is 12.6. The molecule has 2 aromatic rings. The summed E-state index contributed by atoms with van der Waals surface area (Å²) in [6.07, 6.45) is -3.94. The van der Waals surface area contributed by atoms with Gasteiger partial charge >= 0.3 is 6.18 Å². The highest BCUT2D eigenvalue weighted by Crippen LogP contribution is 2.32. The molecule has 1 heterocycles. The van der Waals surface area contributed by atoms with Gasteiger partial charge in [0.1, 0.15) is 0 Å². The monoisotopic (exact) mass is 306 g/mol. The molecule has 0 aliphatic carbocycles. The lowest BCUT2D eigenvalue weighted by molar-refractivity contribution is -0.137. The quantitative estimate of drug-likeness (QED) is 0.805. The summed E-state index contributed by atoms with van der Waals surface area (Å²) < 4.78 is 37.7. The number of nitrogens with zero attached hydrogens (tertiary/aromatic N) is 1. The Morgan fingerprint density at radius 3 is 2.41 bits per heavy atom. The van der Waals surface area contributed by atoms with Crippen molar-refractivity contribution < 1.29 is 18.3 Å². The number of anilines is 1. The lowest BCUT2D eigenvalue weighted by Crippen LogP contribution is -2.37. The molecule has 22 heavy (non-hydrogen) atoms. The molecule has 1 radical (unpaired) electrons. The molecule has 3 rings (SSSR count). The first-order valence-corrected chi connectivity index (χ1v) is 7.11. The van der Waals surface area contributed by atoms with Crippen LogP contribution in [0.25, 0.3) is 0 Å². The Morgan fingerprint density at radius 1 is 1.05 bits per heavy atom. The smallest absolute Gasteiger partial charge is 0.339 e. The largest absolute Gasteiger partial charge is 0.416 e. The van der Waals surface area contributed by atoms with Crippen LogP contribution in [0.4, 0.5) is 18.9 Å². The standard InChI is InChI=1S/C17H15F3NO/c18-17(19,20)14-8-5-12(6-9-14)11-21-15-4-2-1-3-13(15)7-10-16(21)22/h1-6,8-9,16H,7,10-11H2. The van der Waals surface area contributed by atoms with Crippen LogP contribution in [0, 0.1) is 0 Å². The summed E-state index contributed by atoms with van der Waals surface area (Å²) in [6, 6.07) is 12.7. The lowest BCUT2D eigenvalue weighted by atomic mass is 9.99. The number of fused-ring (bicyclic) bond motifs is 1. The zero-order chi connectivity index (χ0) is 15.7. The molecule has 115 valence electrons. The molecule has 0 spiro atoms. The molecule has 0 saturated carbocycles. The average Bonchev–Trinajstić information content (AvgIpc) is 2.50. The van der Waals surface area contributed by atoms with Crippen LogP contribution < -0.4 is 4.90 Å². The van der Waals surface area contributed by atoms with Crippen LogP contribution in [0.1, 0.15) is 23.1 Å². The van der Waals surface area contributed by atoms with Crippen LogP contribution in [0.15, 0.2) is 48.5 Å². The van der Waals surface area contributed by atoms with Gasteiger partial charge in [0.15, 0.2) is 6.23 Å². The van der Waals surface area contributed by atoms with Gasteiger partial charge in [0.2, 0.25) is 0 Å². The molecule has 1 atom stereocenters. The van der Waals surface area contributed by atoms with Crippen molar-refractivity contribution in [2.75, 3.05) is 4.90 Å². The van der Waals surface area contributed by atoms with Gasteiger partial charge in [0.05, 0.1) is 5.56 Å². The highest BCUT2D eigenvalue weighted by atomic mass is 19.4. The number of alkyl halides is 3. The van der Waals surface area contributed by atoms with Crippen molar-refractivity contribution in [3.63, 3.8) is 0 Å². The molecule has 0 N–H and O–H groups in total. The number of benzene rings is 2. The van der Waals surface area contributed by atoms with E-state index in [4.69, 9.17) is 0 Å². The van der Waals surface area contributed by atoms with Gasteiger partial charge in [-0.1, -0.05) is 30.3 Å². The van der Waals surface area contributed by atoms with Crippen molar-refractivity contribution in [2.45, 2.75) is 31.8 Å². The molecular formula is C17H15F3NO. The molecule has 1 aliphatic heterocycles. The van der Waals surface area contributed by atoms with E-state index in [1.165, 1.54) is 12.1 Å². The van der Waals surface area contributed by atoms with E-state index in [-0.39, 0.29) is 0 Å². The first-order valence-electron chi connectivity index (χ1n) is 7.11. The fraction of sp³-hybridized carbons (Fsp3) is 0.294. The van der Waals surface area contributed by atoms with Crippen molar-refractivity contribution in [3.8, 4) is 0 Å². The van der Waals surface area contributed by atoms with Gasteiger partial charge in [-0.2, -0.15) is 13.2 Å². The second-order valence-electron chi connectivity index (χ2n) is 5.44. The average molecular weight is 306 g/mol. The van der Waals surface area contributed by atoms with E-state index in [1.807, 2.05) is 24.3 Å². The van der Waals surface area contributed by atoms with Gasteiger partial charge in [0.25, 0.3) is 0 Å². The van der Waals surface area contributed by atoms with E-state index >= 15 is 0 Å². The van der Waals surface area contributed by atoms with Crippen LogP contribution >= 0.6 is 0 Å². The summed E-state index contributed by atoms with van der Waals surface area (Å²) in [6.45, 7) is 0.323. The van der Waals surface area contributed by atoms with Crippen molar-refractivity contribution in [3.05, 3.63) is 65.2 Å². The van der Waals surface area contributed by atoms with Crippen LogP contribution in [0.3, 0.4) is 0 Å². The van der Waals surface area contributed by atoms with E-state index in [1.54, 1.807) is 4.90 Å². The van der Waals surface area contributed by atoms with E-state index in [2.05, 4.69) is 0 Å². The van der Waals surface area contributed by atoms with Crippen LogP contribution in [0.5, 0.6) is 0 Å².